The normalized spacial score (nSPS) is 15.1. The van der Waals surface area contributed by atoms with E-state index in [1.807, 2.05) is 0 Å². The Morgan fingerprint density at radius 3 is 2.38 bits per heavy atom. The summed E-state index contributed by atoms with van der Waals surface area (Å²) < 4.78 is 4.92. The Morgan fingerprint density at radius 1 is 1.44 bits per heavy atom. The molecular weight excluding hydrogens is 208 g/mol. The Bertz CT molecular complexity index is 207. The first kappa shape index (κ1) is 15.3. The minimum absolute atomic E-state index is 0.167. The Balaban J connectivity index is 4.08. The number of nitrogens with zero attached hydrogens (tertiary/aromatic N) is 1. The minimum atomic E-state index is -0.998. The maximum Gasteiger partial charge on any atom is 0.326 e. The van der Waals surface area contributed by atoms with Crippen LogP contribution < -0.4 is 5.32 Å². The van der Waals surface area contributed by atoms with Gasteiger partial charge in [0.1, 0.15) is 5.54 Å². The van der Waals surface area contributed by atoms with E-state index in [9.17, 15) is 4.79 Å². The van der Waals surface area contributed by atoms with Crippen LogP contribution in [-0.4, -0.2) is 61.4 Å². The van der Waals surface area contributed by atoms with Crippen LogP contribution in [-0.2, 0) is 9.53 Å². The average Bonchev–Trinajstić information content (AvgIpc) is 2.24. The van der Waals surface area contributed by atoms with E-state index in [4.69, 9.17) is 9.84 Å². The van der Waals surface area contributed by atoms with Crippen molar-refractivity contribution in [3.8, 4) is 0 Å². The Morgan fingerprint density at radius 2 is 2.00 bits per heavy atom. The lowest BCUT2D eigenvalue weighted by molar-refractivity contribution is -0.146. The van der Waals surface area contributed by atoms with Crippen molar-refractivity contribution < 1.29 is 14.6 Å². The number of likely N-dealkylation sites (N-methyl/N-ethyl adjacent to an activating group) is 1. The molecule has 96 valence electrons. The van der Waals surface area contributed by atoms with Crippen LogP contribution >= 0.6 is 0 Å². The molecular formula is C11H24N2O3. The van der Waals surface area contributed by atoms with Crippen molar-refractivity contribution >= 4 is 5.97 Å². The third-order valence-corrected chi connectivity index (χ3v) is 2.74. The first-order valence-corrected chi connectivity index (χ1v) is 5.69. The number of hydrogen-bond donors (Lipinski definition) is 2. The number of hydrogen-bond acceptors (Lipinski definition) is 4. The third-order valence-electron chi connectivity index (χ3n) is 2.74. The highest BCUT2D eigenvalue weighted by molar-refractivity contribution is 5.78. The molecule has 1 unspecified atom stereocenters. The molecule has 0 heterocycles. The van der Waals surface area contributed by atoms with Gasteiger partial charge in [0.15, 0.2) is 0 Å². The monoisotopic (exact) mass is 232 g/mol. The molecule has 0 aliphatic heterocycles. The lowest BCUT2D eigenvalue weighted by atomic mass is 10.0. The summed E-state index contributed by atoms with van der Waals surface area (Å²) in [4.78, 5) is 13.3. The summed E-state index contributed by atoms with van der Waals surface area (Å²) in [5.74, 6) is -0.881. The molecule has 0 radical (unpaired) electrons. The molecule has 0 spiro atoms. The highest BCUT2D eigenvalue weighted by atomic mass is 16.5. The van der Waals surface area contributed by atoms with Gasteiger partial charge in [-0.3, -0.25) is 10.1 Å². The van der Waals surface area contributed by atoms with Crippen molar-refractivity contribution in [3.63, 3.8) is 0 Å². The van der Waals surface area contributed by atoms with Gasteiger partial charge in [0.25, 0.3) is 0 Å². The first-order chi connectivity index (χ1) is 7.50. The van der Waals surface area contributed by atoms with Gasteiger partial charge in [0, 0.05) is 20.2 Å². The van der Waals surface area contributed by atoms with Crippen LogP contribution in [0.25, 0.3) is 0 Å². The molecule has 0 saturated heterocycles. The number of nitrogens with one attached hydrogen (secondary N) is 1. The summed E-state index contributed by atoms with van der Waals surface area (Å²) in [6.45, 7) is 9.44. The van der Waals surface area contributed by atoms with E-state index in [1.165, 1.54) is 7.11 Å². The van der Waals surface area contributed by atoms with E-state index in [0.29, 0.717) is 6.54 Å². The molecule has 0 fully saturated rings. The molecule has 2 N–H and O–H groups in total. The van der Waals surface area contributed by atoms with Gasteiger partial charge in [0.2, 0.25) is 0 Å². The van der Waals surface area contributed by atoms with Crippen molar-refractivity contribution in [2.24, 2.45) is 0 Å². The van der Waals surface area contributed by atoms with Crippen molar-refractivity contribution in [1.29, 1.82) is 0 Å². The van der Waals surface area contributed by atoms with Gasteiger partial charge in [-0.15, -0.1) is 0 Å². The van der Waals surface area contributed by atoms with Crippen LogP contribution in [0.15, 0.2) is 0 Å². The third kappa shape index (κ3) is 4.92. The number of carbonyl (C=O) groups is 1. The zero-order valence-electron chi connectivity index (χ0n) is 10.7. The average molecular weight is 232 g/mol. The van der Waals surface area contributed by atoms with Crippen LogP contribution in [0.4, 0.5) is 0 Å². The fourth-order valence-corrected chi connectivity index (χ4v) is 1.51. The Labute approximate surface area is 97.8 Å². The van der Waals surface area contributed by atoms with Crippen LogP contribution in [0, 0.1) is 0 Å². The van der Waals surface area contributed by atoms with Crippen LogP contribution in [0.5, 0.6) is 0 Å². The lowest BCUT2D eigenvalue weighted by Crippen LogP contribution is -2.54. The van der Waals surface area contributed by atoms with Crippen molar-refractivity contribution in [1.82, 2.24) is 10.2 Å². The zero-order valence-corrected chi connectivity index (χ0v) is 10.7. The molecule has 0 aliphatic rings. The van der Waals surface area contributed by atoms with Crippen molar-refractivity contribution in [2.75, 3.05) is 39.9 Å². The zero-order chi connectivity index (χ0) is 12.6. The fourth-order valence-electron chi connectivity index (χ4n) is 1.51. The second kappa shape index (κ2) is 7.60. The standard InChI is InChI=1S/C11H24N2O3/c1-5-13(6-2)8-7-12-11(3,9-16-4)10(14)15/h12H,5-9H2,1-4H3,(H,14,15). The molecule has 0 bridgehead atoms. The van der Waals surface area contributed by atoms with E-state index in [2.05, 4.69) is 24.1 Å². The molecule has 5 heteroatoms. The molecule has 0 aliphatic carbocycles. The van der Waals surface area contributed by atoms with Crippen LogP contribution in [0.2, 0.25) is 0 Å². The number of ether oxygens (including phenoxy) is 1. The van der Waals surface area contributed by atoms with Gasteiger partial charge < -0.3 is 14.7 Å². The summed E-state index contributed by atoms with van der Waals surface area (Å²) >= 11 is 0. The van der Waals surface area contributed by atoms with Gasteiger partial charge in [-0.05, 0) is 20.0 Å². The maximum absolute atomic E-state index is 11.1. The number of methoxy groups -OCH3 is 1. The first-order valence-electron chi connectivity index (χ1n) is 5.69. The maximum atomic E-state index is 11.1. The summed E-state index contributed by atoms with van der Waals surface area (Å²) in [7, 11) is 1.51. The van der Waals surface area contributed by atoms with Gasteiger partial charge in [-0.25, -0.2) is 0 Å². The molecule has 1 atom stereocenters. The van der Waals surface area contributed by atoms with E-state index in [0.717, 1.165) is 19.6 Å². The van der Waals surface area contributed by atoms with E-state index < -0.39 is 11.5 Å². The predicted molar refractivity (Wildman–Crippen MR) is 63.7 cm³/mol. The molecule has 0 aromatic heterocycles. The molecule has 0 saturated carbocycles. The molecule has 5 nitrogen and oxygen atoms in total. The van der Waals surface area contributed by atoms with Gasteiger partial charge in [0.05, 0.1) is 6.61 Å². The van der Waals surface area contributed by atoms with Crippen molar-refractivity contribution in [2.45, 2.75) is 26.3 Å². The lowest BCUT2D eigenvalue weighted by Gasteiger charge is -2.27. The quantitative estimate of drug-likeness (QED) is 0.603. The van der Waals surface area contributed by atoms with Crippen molar-refractivity contribution in [3.05, 3.63) is 0 Å². The molecule has 0 amide bonds. The van der Waals surface area contributed by atoms with Gasteiger partial charge in [-0.2, -0.15) is 0 Å². The second-order valence-electron chi connectivity index (χ2n) is 4.02. The van der Waals surface area contributed by atoms with E-state index >= 15 is 0 Å². The smallest absolute Gasteiger partial charge is 0.326 e. The van der Waals surface area contributed by atoms with Gasteiger partial charge in [-0.1, -0.05) is 13.8 Å². The SMILES string of the molecule is CCN(CC)CCNC(C)(COC)C(=O)O. The molecule has 16 heavy (non-hydrogen) atoms. The number of carboxylic acid groups (broad SMARTS) is 1. The summed E-state index contributed by atoms with van der Waals surface area (Å²) in [5.41, 5.74) is -0.998. The highest BCUT2D eigenvalue weighted by Crippen LogP contribution is 2.04. The number of aliphatic carboxylic acids is 1. The minimum Gasteiger partial charge on any atom is -0.480 e. The summed E-state index contributed by atoms with van der Waals surface area (Å²) in [5, 5.41) is 12.1. The Hall–Kier alpha value is -0.650. The van der Waals surface area contributed by atoms with Crippen LogP contribution in [0.1, 0.15) is 20.8 Å². The van der Waals surface area contributed by atoms with E-state index in [1.54, 1.807) is 6.92 Å². The van der Waals surface area contributed by atoms with E-state index in [-0.39, 0.29) is 6.61 Å². The summed E-state index contributed by atoms with van der Waals surface area (Å²) in [6, 6.07) is 0. The predicted octanol–water partition coefficient (Wildman–Crippen LogP) is 0.408. The molecule has 0 aromatic carbocycles. The summed E-state index contributed by atoms with van der Waals surface area (Å²) in [6.07, 6.45) is 0. The van der Waals surface area contributed by atoms with Crippen LogP contribution in [0.3, 0.4) is 0 Å². The molecule has 0 rings (SSSR count). The topological polar surface area (TPSA) is 61.8 Å². The Kier molecular flexibility index (Phi) is 7.29. The van der Waals surface area contributed by atoms with Gasteiger partial charge >= 0.3 is 5.97 Å². The number of rotatable bonds is 9. The fraction of sp³-hybridized carbons (Fsp3) is 0.909. The second-order valence-corrected chi connectivity index (χ2v) is 4.02. The number of carboxylic acids is 1. The molecule has 0 aromatic rings. The largest absolute Gasteiger partial charge is 0.480 e. The highest BCUT2D eigenvalue weighted by Gasteiger charge is 2.32.